The molecule has 0 aliphatic rings. The van der Waals surface area contributed by atoms with E-state index in [0.717, 1.165) is 11.1 Å². The number of nitrogens with zero attached hydrogens (tertiary/aromatic N) is 1. The van der Waals surface area contributed by atoms with Crippen LogP contribution in [0, 0.1) is 0 Å². The molecule has 1 aromatic heterocycles. The van der Waals surface area contributed by atoms with Gasteiger partial charge >= 0.3 is 0 Å². The van der Waals surface area contributed by atoms with E-state index < -0.39 is 0 Å². The number of pyridine rings is 1. The number of hydrogen-bond acceptors (Lipinski definition) is 3. The number of nitrogens with one attached hydrogen (secondary N) is 1. The van der Waals surface area contributed by atoms with E-state index in [1.807, 2.05) is 85.8 Å². The first-order chi connectivity index (χ1) is 13.6. The van der Waals surface area contributed by atoms with Crippen molar-refractivity contribution in [3.63, 3.8) is 0 Å². The number of para-hydroxylation sites is 1. The van der Waals surface area contributed by atoms with Gasteiger partial charge in [-0.25, -0.2) is 4.98 Å². The molecule has 3 aromatic carbocycles. The summed E-state index contributed by atoms with van der Waals surface area (Å²) >= 11 is 0. The first-order valence-corrected chi connectivity index (χ1v) is 9.18. The summed E-state index contributed by atoms with van der Waals surface area (Å²) in [5.74, 6) is -0.438. The summed E-state index contributed by atoms with van der Waals surface area (Å²) in [5, 5.41) is 14.6. The molecule has 138 valence electrons. The second kappa shape index (κ2) is 7.53. The highest BCUT2D eigenvalue weighted by Gasteiger charge is 2.22. The molecule has 4 heteroatoms. The zero-order valence-electron chi connectivity index (χ0n) is 15.5. The van der Waals surface area contributed by atoms with Crippen LogP contribution >= 0.6 is 0 Å². The molecule has 0 aliphatic heterocycles. The number of aromatic nitrogens is 1. The van der Waals surface area contributed by atoms with Crippen molar-refractivity contribution in [1.29, 1.82) is 0 Å². The summed E-state index contributed by atoms with van der Waals surface area (Å²) in [6.07, 6.45) is 0. The van der Waals surface area contributed by atoms with Crippen molar-refractivity contribution in [2.45, 2.75) is 13.0 Å². The number of carbonyl (C=O) groups excluding carboxylic acids is 1. The number of hydrogen-bond donors (Lipinski definition) is 2. The molecule has 4 rings (SSSR count). The normalized spacial score (nSPS) is 11.9. The van der Waals surface area contributed by atoms with Gasteiger partial charge in [0.15, 0.2) is 5.75 Å². The predicted octanol–water partition coefficient (Wildman–Crippen LogP) is 5.10. The number of rotatable bonds is 4. The van der Waals surface area contributed by atoms with Gasteiger partial charge in [-0.15, -0.1) is 0 Å². The van der Waals surface area contributed by atoms with Crippen LogP contribution in [-0.2, 0) is 0 Å². The van der Waals surface area contributed by atoms with Crippen molar-refractivity contribution in [3.05, 3.63) is 96.1 Å². The van der Waals surface area contributed by atoms with Crippen LogP contribution in [0.1, 0.15) is 28.9 Å². The molecule has 28 heavy (non-hydrogen) atoms. The molecule has 1 amide bonds. The Kier molecular flexibility index (Phi) is 4.77. The molecule has 0 aliphatic carbocycles. The van der Waals surface area contributed by atoms with Gasteiger partial charge in [-0.05, 0) is 18.6 Å². The maximum absolute atomic E-state index is 13.1. The van der Waals surface area contributed by atoms with Gasteiger partial charge in [0.2, 0.25) is 0 Å². The quantitative estimate of drug-likeness (QED) is 0.527. The predicted molar refractivity (Wildman–Crippen MR) is 111 cm³/mol. The van der Waals surface area contributed by atoms with Crippen molar-refractivity contribution >= 4 is 16.8 Å². The average molecular weight is 368 g/mol. The Bertz CT molecular complexity index is 1130. The Morgan fingerprint density at radius 2 is 1.50 bits per heavy atom. The minimum absolute atomic E-state index is 0.109. The van der Waals surface area contributed by atoms with Gasteiger partial charge in [0.25, 0.3) is 5.91 Å². The standard InChI is InChI=1S/C24H20N2O2/c1-16(17-10-4-2-5-11-17)25-24(28)21-19-14-8-9-15-20(19)26-22(23(21)27)18-12-6-3-7-13-18/h2-16,27H,1H3,(H,25,28). The van der Waals surface area contributed by atoms with Crippen LogP contribution in [0.4, 0.5) is 0 Å². The lowest BCUT2D eigenvalue weighted by Crippen LogP contribution is -2.27. The fourth-order valence-corrected chi connectivity index (χ4v) is 3.32. The van der Waals surface area contributed by atoms with Crippen LogP contribution in [0.3, 0.4) is 0 Å². The smallest absolute Gasteiger partial charge is 0.256 e. The highest BCUT2D eigenvalue weighted by atomic mass is 16.3. The Morgan fingerprint density at radius 3 is 2.21 bits per heavy atom. The maximum Gasteiger partial charge on any atom is 0.256 e. The lowest BCUT2D eigenvalue weighted by Gasteiger charge is -2.17. The first kappa shape index (κ1) is 17.7. The topological polar surface area (TPSA) is 62.2 Å². The SMILES string of the molecule is CC(NC(=O)c1c(O)c(-c2ccccc2)nc2ccccc12)c1ccccc1. The van der Waals surface area contributed by atoms with Crippen LogP contribution in [0.15, 0.2) is 84.9 Å². The first-order valence-electron chi connectivity index (χ1n) is 9.18. The average Bonchev–Trinajstić information content (AvgIpc) is 2.74. The lowest BCUT2D eigenvalue weighted by molar-refractivity contribution is 0.0939. The number of amides is 1. The highest BCUT2D eigenvalue weighted by Crippen LogP contribution is 2.35. The van der Waals surface area contributed by atoms with Crippen molar-refractivity contribution in [3.8, 4) is 17.0 Å². The zero-order valence-corrected chi connectivity index (χ0v) is 15.5. The molecule has 0 bridgehead atoms. The number of benzene rings is 3. The molecule has 1 atom stereocenters. The Morgan fingerprint density at radius 1 is 0.893 bits per heavy atom. The highest BCUT2D eigenvalue weighted by molar-refractivity contribution is 6.10. The summed E-state index contributed by atoms with van der Waals surface area (Å²) in [4.78, 5) is 17.7. The molecule has 4 aromatic rings. The van der Waals surface area contributed by atoms with Crippen molar-refractivity contribution in [2.24, 2.45) is 0 Å². The van der Waals surface area contributed by atoms with E-state index in [1.54, 1.807) is 6.07 Å². The summed E-state index contributed by atoms with van der Waals surface area (Å²) in [7, 11) is 0. The van der Waals surface area contributed by atoms with E-state index in [-0.39, 0.29) is 23.3 Å². The minimum Gasteiger partial charge on any atom is -0.505 e. The largest absolute Gasteiger partial charge is 0.505 e. The fourth-order valence-electron chi connectivity index (χ4n) is 3.32. The third-order valence-corrected chi connectivity index (χ3v) is 4.79. The van der Waals surface area contributed by atoms with E-state index in [1.165, 1.54) is 0 Å². The van der Waals surface area contributed by atoms with E-state index in [2.05, 4.69) is 10.3 Å². The van der Waals surface area contributed by atoms with Gasteiger partial charge < -0.3 is 10.4 Å². The summed E-state index contributed by atoms with van der Waals surface area (Å²) in [6, 6.07) is 26.3. The van der Waals surface area contributed by atoms with E-state index >= 15 is 0 Å². The molecule has 0 radical (unpaired) electrons. The second-order valence-corrected chi connectivity index (χ2v) is 6.67. The summed E-state index contributed by atoms with van der Waals surface area (Å²) in [6.45, 7) is 1.92. The lowest BCUT2D eigenvalue weighted by atomic mass is 10.0. The van der Waals surface area contributed by atoms with Gasteiger partial charge in [-0.2, -0.15) is 0 Å². The minimum atomic E-state index is -0.329. The third kappa shape index (κ3) is 3.32. The molecular weight excluding hydrogens is 348 g/mol. The zero-order chi connectivity index (χ0) is 19.5. The fraction of sp³-hybridized carbons (Fsp3) is 0.0833. The number of aromatic hydroxyl groups is 1. The van der Waals surface area contributed by atoms with Gasteiger partial charge in [0.1, 0.15) is 5.69 Å². The van der Waals surface area contributed by atoms with E-state index in [4.69, 9.17) is 0 Å². The molecule has 1 unspecified atom stereocenters. The third-order valence-electron chi connectivity index (χ3n) is 4.79. The summed E-state index contributed by atoms with van der Waals surface area (Å²) in [5.41, 5.74) is 3.06. The van der Waals surface area contributed by atoms with Crippen molar-refractivity contribution < 1.29 is 9.90 Å². The van der Waals surface area contributed by atoms with Crippen LogP contribution in [0.5, 0.6) is 5.75 Å². The molecule has 0 fully saturated rings. The van der Waals surface area contributed by atoms with Gasteiger partial charge in [0, 0.05) is 10.9 Å². The van der Waals surface area contributed by atoms with Crippen LogP contribution in [0.25, 0.3) is 22.2 Å². The van der Waals surface area contributed by atoms with E-state index in [0.29, 0.717) is 16.6 Å². The summed E-state index contributed by atoms with van der Waals surface area (Å²) < 4.78 is 0. The van der Waals surface area contributed by atoms with Gasteiger partial charge in [-0.3, -0.25) is 4.79 Å². The number of fused-ring (bicyclic) bond motifs is 1. The molecule has 1 heterocycles. The Labute approximate surface area is 163 Å². The molecule has 0 spiro atoms. The van der Waals surface area contributed by atoms with Gasteiger partial charge in [0.05, 0.1) is 17.1 Å². The molecule has 0 saturated carbocycles. The van der Waals surface area contributed by atoms with Gasteiger partial charge in [-0.1, -0.05) is 78.9 Å². The second-order valence-electron chi connectivity index (χ2n) is 6.67. The van der Waals surface area contributed by atoms with Crippen LogP contribution in [0.2, 0.25) is 0 Å². The van der Waals surface area contributed by atoms with E-state index in [9.17, 15) is 9.90 Å². The molecule has 4 nitrogen and oxygen atoms in total. The monoisotopic (exact) mass is 368 g/mol. The van der Waals surface area contributed by atoms with Crippen molar-refractivity contribution in [1.82, 2.24) is 10.3 Å². The van der Waals surface area contributed by atoms with Crippen molar-refractivity contribution in [2.75, 3.05) is 0 Å². The molecule has 0 saturated heterocycles. The Hall–Kier alpha value is -3.66. The molecule has 2 N–H and O–H groups in total. The van der Waals surface area contributed by atoms with Crippen LogP contribution < -0.4 is 5.32 Å². The number of carbonyl (C=O) groups is 1. The van der Waals surface area contributed by atoms with Crippen LogP contribution in [-0.4, -0.2) is 16.0 Å². The maximum atomic E-state index is 13.1. The molecular formula is C24H20N2O2. The Balaban J connectivity index is 1.81.